The molecule has 94 valence electrons. The van der Waals surface area contributed by atoms with Gasteiger partial charge in [0.25, 0.3) is 0 Å². The van der Waals surface area contributed by atoms with Crippen LogP contribution in [0.4, 0.5) is 0 Å². The van der Waals surface area contributed by atoms with E-state index in [0.29, 0.717) is 19.6 Å². The Morgan fingerprint density at radius 1 is 1.59 bits per heavy atom. The molecule has 0 bridgehead atoms. The monoisotopic (exact) mass is 238 g/mol. The molecular weight excluding hydrogens is 220 g/mol. The maximum Gasteiger partial charge on any atom is 0.377 e. The number of carbonyl (C=O) groups excluding carboxylic acids is 1. The summed E-state index contributed by atoms with van der Waals surface area (Å²) in [5.41, 5.74) is -0.210. The van der Waals surface area contributed by atoms with Gasteiger partial charge in [0.05, 0.1) is 0 Å². The quantitative estimate of drug-likeness (QED) is 0.556. The first-order valence-corrected chi connectivity index (χ1v) is 5.54. The summed E-state index contributed by atoms with van der Waals surface area (Å²) >= 11 is 0. The molecule has 17 heavy (non-hydrogen) atoms. The van der Waals surface area contributed by atoms with Gasteiger partial charge in [-0.1, -0.05) is 20.8 Å². The van der Waals surface area contributed by atoms with Gasteiger partial charge in [0, 0.05) is 6.42 Å². The van der Waals surface area contributed by atoms with Crippen molar-refractivity contribution in [2.24, 2.45) is 5.41 Å². The lowest BCUT2D eigenvalue weighted by atomic mass is 9.87. The summed E-state index contributed by atoms with van der Waals surface area (Å²) in [6, 6.07) is 0. The summed E-state index contributed by atoms with van der Waals surface area (Å²) in [7, 11) is 0. The Morgan fingerprint density at radius 2 is 2.29 bits per heavy atom. The van der Waals surface area contributed by atoms with Gasteiger partial charge in [0.15, 0.2) is 0 Å². The molecule has 1 atom stereocenters. The minimum Gasteiger partial charge on any atom is -0.493 e. The van der Waals surface area contributed by atoms with Gasteiger partial charge in [0.1, 0.15) is 25.6 Å². The summed E-state index contributed by atoms with van der Waals surface area (Å²) in [5.74, 6) is 2.09. The molecule has 1 unspecified atom stereocenters. The fraction of sp³-hybridized carbons (Fsp3) is 0.615. The second-order valence-corrected chi connectivity index (χ2v) is 4.87. The van der Waals surface area contributed by atoms with Crippen molar-refractivity contribution in [1.29, 1.82) is 0 Å². The molecule has 0 aliphatic carbocycles. The van der Waals surface area contributed by atoms with Crippen LogP contribution in [0.15, 0.2) is 12.0 Å². The van der Waals surface area contributed by atoms with Crippen LogP contribution in [0.5, 0.6) is 0 Å². The van der Waals surface area contributed by atoms with E-state index >= 15 is 0 Å². The molecule has 0 aromatic heterocycles. The Balaban J connectivity index is 2.64. The average molecular weight is 238 g/mol. The van der Waals surface area contributed by atoms with Crippen molar-refractivity contribution < 1.29 is 19.0 Å². The number of hydrogen-bond donors (Lipinski definition) is 0. The molecule has 0 saturated heterocycles. The Labute approximate surface area is 102 Å². The highest BCUT2D eigenvalue weighted by Crippen LogP contribution is 2.25. The van der Waals surface area contributed by atoms with E-state index in [9.17, 15) is 4.79 Å². The fourth-order valence-corrected chi connectivity index (χ4v) is 1.29. The van der Waals surface area contributed by atoms with Crippen molar-refractivity contribution in [1.82, 2.24) is 0 Å². The van der Waals surface area contributed by atoms with Gasteiger partial charge in [-0.15, -0.1) is 12.3 Å². The van der Waals surface area contributed by atoms with Gasteiger partial charge in [-0.25, -0.2) is 4.79 Å². The number of esters is 1. The van der Waals surface area contributed by atoms with Gasteiger partial charge in [-0.2, -0.15) is 0 Å². The van der Waals surface area contributed by atoms with Crippen LogP contribution in [0.3, 0.4) is 0 Å². The van der Waals surface area contributed by atoms with E-state index in [-0.39, 0.29) is 17.3 Å². The van der Waals surface area contributed by atoms with E-state index in [0.717, 1.165) is 0 Å². The van der Waals surface area contributed by atoms with Crippen molar-refractivity contribution >= 4 is 5.97 Å². The number of hydrogen-bond acceptors (Lipinski definition) is 4. The molecule has 0 aromatic rings. The predicted molar refractivity (Wildman–Crippen MR) is 62.8 cm³/mol. The van der Waals surface area contributed by atoms with E-state index in [1.165, 1.54) is 6.26 Å². The molecule has 1 aliphatic rings. The molecule has 1 heterocycles. The largest absolute Gasteiger partial charge is 0.493 e. The molecule has 0 saturated carbocycles. The standard InChI is InChI=1S/C13H18O4/c1-5-6-11(13(2,3)4)17-12(14)10-9-15-7-8-16-10/h1,9,11H,6-8H2,2-4H3. The lowest BCUT2D eigenvalue weighted by Crippen LogP contribution is -2.32. The fourth-order valence-electron chi connectivity index (χ4n) is 1.29. The molecule has 0 spiro atoms. The number of carbonyl (C=O) groups is 1. The van der Waals surface area contributed by atoms with Gasteiger partial charge in [-0.05, 0) is 5.41 Å². The summed E-state index contributed by atoms with van der Waals surface area (Å²) in [6.45, 7) is 6.71. The topological polar surface area (TPSA) is 44.8 Å². The van der Waals surface area contributed by atoms with E-state index in [1.54, 1.807) is 0 Å². The van der Waals surface area contributed by atoms with Crippen LogP contribution in [0.2, 0.25) is 0 Å². The highest BCUT2D eigenvalue weighted by Gasteiger charge is 2.29. The smallest absolute Gasteiger partial charge is 0.377 e. The van der Waals surface area contributed by atoms with Crippen LogP contribution in [0.25, 0.3) is 0 Å². The molecule has 0 aromatic carbocycles. The second kappa shape index (κ2) is 5.62. The Hall–Kier alpha value is -1.63. The first-order chi connectivity index (χ1) is 7.95. The van der Waals surface area contributed by atoms with Gasteiger partial charge >= 0.3 is 5.97 Å². The molecular formula is C13H18O4. The predicted octanol–water partition coefficient (Wildman–Crippen LogP) is 1.86. The van der Waals surface area contributed by atoms with Crippen molar-refractivity contribution in [3.05, 3.63) is 12.0 Å². The first-order valence-electron chi connectivity index (χ1n) is 5.54. The Morgan fingerprint density at radius 3 is 2.76 bits per heavy atom. The van der Waals surface area contributed by atoms with Crippen LogP contribution in [-0.2, 0) is 19.0 Å². The summed E-state index contributed by atoms with van der Waals surface area (Å²) in [6.07, 6.45) is 6.58. The maximum atomic E-state index is 11.8. The molecule has 0 N–H and O–H groups in total. The van der Waals surface area contributed by atoms with E-state index in [2.05, 4.69) is 5.92 Å². The summed E-state index contributed by atoms with van der Waals surface area (Å²) in [5, 5.41) is 0. The van der Waals surface area contributed by atoms with Gasteiger partial charge < -0.3 is 14.2 Å². The van der Waals surface area contributed by atoms with Crippen molar-refractivity contribution in [2.45, 2.75) is 33.3 Å². The minimum atomic E-state index is -0.528. The SMILES string of the molecule is C#CCC(OC(=O)C1=COCCO1)C(C)(C)C. The average Bonchev–Trinajstić information content (AvgIpc) is 2.28. The van der Waals surface area contributed by atoms with Gasteiger partial charge in [-0.3, -0.25) is 0 Å². The minimum absolute atomic E-state index is 0.0996. The highest BCUT2D eigenvalue weighted by molar-refractivity contribution is 5.86. The van der Waals surface area contributed by atoms with Crippen molar-refractivity contribution in [2.75, 3.05) is 13.2 Å². The molecule has 0 fully saturated rings. The molecule has 0 amide bonds. The summed E-state index contributed by atoms with van der Waals surface area (Å²) in [4.78, 5) is 11.8. The highest BCUT2D eigenvalue weighted by atomic mass is 16.6. The molecule has 1 rings (SSSR count). The zero-order chi connectivity index (χ0) is 12.9. The zero-order valence-electron chi connectivity index (χ0n) is 10.5. The number of terminal acetylenes is 1. The first kappa shape index (κ1) is 13.4. The molecule has 1 aliphatic heterocycles. The van der Waals surface area contributed by atoms with Crippen molar-refractivity contribution in [3.63, 3.8) is 0 Å². The normalized spacial score (nSPS) is 16.9. The van der Waals surface area contributed by atoms with E-state index < -0.39 is 5.97 Å². The van der Waals surface area contributed by atoms with Crippen molar-refractivity contribution in [3.8, 4) is 12.3 Å². The van der Waals surface area contributed by atoms with E-state index in [1.807, 2.05) is 20.8 Å². The number of rotatable bonds is 3. The number of ether oxygens (including phenoxy) is 3. The Kier molecular flexibility index (Phi) is 4.45. The van der Waals surface area contributed by atoms with Crippen LogP contribution in [-0.4, -0.2) is 25.3 Å². The second-order valence-electron chi connectivity index (χ2n) is 4.87. The maximum absolute atomic E-state index is 11.8. The summed E-state index contributed by atoms with van der Waals surface area (Å²) < 4.78 is 15.5. The van der Waals surface area contributed by atoms with Crippen LogP contribution >= 0.6 is 0 Å². The zero-order valence-corrected chi connectivity index (χ0v) is 10.5. The molecule has 4 nitrogen and oxygen atoms in total. The van der Waals surface area contributed by atoms with Gasteiger partial charge in [0.2, 0.25) is 5.76 Å². The molecule has 4 heteroatoms. The third-order valence-electron chi connectivity index (χ3n) is 2.37. The third kappa shape index (κ3) is 4.03. The van der Waals surface area contributed by atoms with Crippen LogP contribution < -0.4 is 0 Å². The lowest BCUT2D eigenvalue weighted by molar-refractivity contribution is -0.155. The van der Waals surface area contributed by atoms with E-state index in [4.69, 9.17) is 20.6 Å². The lowest BCUT2D eigenvalue weighted by Gasteiger charge is -2.29. The Bertz CT molecular complexity index is 343. The van der Waals surface area contributed by atoms with Crippen LogP contribution in [0.1, 0.15) is 27.2 Å². The molecule has 0 radical (unpaired) electrons. The third-order valence-corrected chi connectivity index (χ3v) is 2.37. The van der Waals surface area contributed by atoms with Crippen LogP contribution in [0, 0.1) is 17.8 Å².